The van der Waals surface area contributed by atoms with Crippen LogP contribution < -0.4 is 10.1 Å². The topological polar surface area (TPSA) is 67.8 Å². The molecule has 5 heteroatoms. The molecule has 0 aromatic heterocycles. The van der Waals surface area contributed by atoms with Gasteiger partial charge in [-0.2, -0.15) is 0 Å². The van der Waals surface area contributed by atoms with Crippen molar-refractivity contribution in [3.05, 3.63) is 54.1 Å². The maximum Gasteiger partial charge on any atom is 0.408 e. The van der Waals surface area contributed by atoms with E-state index >= 15 is 0 Å². The Morgan fingerprint density at radius 1 is 1.12 bits per heavy atom. The minimum atomic E-state index is -0.586. The van der Waals surface area contributed by atoms with Gasteiger partial charge < -0.3 is 19.9 Å². The first kappa shape index (κ1) is 18.8. The number of aliphatic hydroxyl groups excluding tert-OH is 1. The van der Waals surface area contributed by atoms with Gasteiger partial charge in [0.05, 0.1) is 19.8 Å². The Morgan fingerprint density at radius 3 is 2.32 bits per heavy atom. The van der Waals surface area contributed by atoms with E-state index in [1.165, 1.54) is 0 Å². The molecule has 0 heterocycles. The molecule has 25 heavy (non-hydrogen) atoms. The standard InChI is InChI=1S/C20H25NO4/c1-20(2,3)25-19(23)21-17(13-22)15-11-9-14(10-12-15)16-7-5-6-8-18(16)24-4/h5-12,17,22H,13H2,1-4H3,(H,21,23)/t17-/m0/s1. The van der Waals surface area contributed by atoms with E-state index in [1.807, 2.05) is 48.5 Å². The SMILES string of the molecule is COc1ccccc1-c1ccc([C@H](CO)NC(=O)OC(C)(C)C)cc1. The van der Waals surface area contributed by atoms with Crippen molar-refractivity contribution in [2.75, 3.05) is 13.7 Å². The fourth-order valence-electron chi connectivity index (χ4n) is 2.46. The number of alkyl carbamates (subject to hydrolysis) is 1. The number of hydrogen-bond acceptors (Lipinski definition) is 4. The van der Waals surface area contributed by atoms with E-state index in [1.54, 1.807) is 27.9 Å². The minimum Gasteiger partial charge on any atom is -0.496 e. The zero-order valence-electron chi connectivity index (χ0n) is 15.1. The highest BCUT2D eigenvalue weighted by Gasteiger charge is 2.20. The fourth-order valence-corrected chi connectivity index (χ4v) is 2.46. The van der Waals surface area contributed by atoms with Crippen molar-refractivity contribution in [3.63, 3.8) is 0 Å². The molecule has 2 aromatic rings. The van der Waals surface area contributed by atoms with E-state index < -0.39 is 17.7 Å². The highest BCUT2D eigenvalue weighted by atomic mass is 16.6. The molecule has 0 aliphatic carbocycles. The lowest BCUT2D eigenvalue weighted by Gasteiger charge is -2.23. The van der Waals surface area contributed by atoms with Crippen LogP contribution in [0.3, 0.4) is 0 Å². The van der Waals surface area contributed by atoms with Gasteiger partial charge in [-0.25, -0.2) is 4.79 Å². The fraction of sp³-hybridized carbons (Fsp3) is 0.350. The maximum atomic E-state index is 11.9. The number of methoxy groups -OCH3 is 1. The number of carbonyl (C=O) groups excluding carboxylic acids is 1. The van der Waals surface area contributed by atoms with Crippen molar-refractivity contribution in [1.29, 1.82) is 0 Å². The van der Waals surface area contributed by atoms with E-state index in [9.17, 15) is 9.90 Å². The molecule has 2 N–H and O–H groups in total. The van der Waals surface area contributed by atoms with Gasteiger partial charge in [0.1, 0.15) is 11.4 Å². The summed E-state index contributed by atoms with van der Waals surface area (Å²) >= 11 is 0. The number of ether oxygens (including phenoxy) is 2. The molecule has 0 saturated carbocycles. The van der Waals surface area contributed by atoms with Crippen LogP contribution in [0.15, 0.2) is 48.5 Å². The molecule has 0 fully saturated rings. The molecular formula is C20H25NO4. The normalized spacial score (nSPS) is 12.4. The van der Waals surface area contributed by atoms with Gasteiger partial charge in [-0.15, -0.1) is 0 Å². The van der Waals surface area contributed by atoms with E-state index in [0.29, 0.717) is 0 Å². The smallest absolute Gasteiger partial charge is 0.408 e. The third kappa shape index (κ3) is 5.22. The number of nitrogens with one attached hydrogen (secondary N) is 1. The van der Waals surface area contributed by atoms with Crippen LogP contribution >= 0.6 is 0 Å². The molecule has 0 radical (unpaired) electrons. The second kappa shape index (κ2) is 8.03. The molecule has 0 unspecified atom stereocenters. The molecule has 0 spiro atoms. The lowest BCUT2D eigenvalue weighted by Crippen LogP contribution is -2.36. The first-order valence-electron chi connectivity index (χ1n) is 8.18. The van der Waals surface area contributed by atoms with Gasteiger partial charge in [0, 0.05) is 5.56 Å². The number of aliphatic hydroxyl groups is 1. The third-order valence-corrected chi connectivity index (χ3v) is 3.60. The maximum absolute atomic E-state index is 11.9. The summed E-state index contributed by atoms with van der Waals surface area (Å²) in [4.78, 5) is 11.9. The second-order valence-corrected chi connectivity index (χ2v) is 6.70. The van der Waals surface area contributed by atoms with Gasteiger partial charge in [0.25, 0.3) is 0 Å². The number of benzene rings is 2. The minimum absolute atomic E-state index is 0.215. The Hall–Kier alpha value is -2.53. The molecule has 1 atom stereocenters. The summed E-state index contributed by atoms with van der Waals surface area (Å²) in [6.07, 6.45) is -0.555. The number of para-hydroxylation sites is 1. The highest BCUT2D eigenvalue weighted by Crippen LogP contribution is 2.30. The van der Waals surface area contributed by atoms with Gasteiger partial charge in [-0.05, 0) is 38.0 Å². The zero-order valence-corrected chi connectivity index (χ0v) is 15.1. The summed E-state index contributed by atoms with van der Waals surface area (Å²) in [5.41, 5.74) is 2.19. The zero-order chi connectivity index (χ0) is 18.4. The molecule has 0 aliphatic rings. The van der Waals surface area contributed by atoms with Crippen LogP contribution in [0.4, 0.5) is 4.79 Å². The highest BCUT2D eigenvalue weighted by molar-refractivity contribution is 5.71. The quantitative estimate of drug-likeness (QED) is 0.863. The Morgan fingerprint density at radius 2 is 1.76 bits per heavy atom. The van der Waals surface area contributed by atoms with Crippen LogP contribution in [0.2, 0.25) is 0 Å². The van der Waals surface area contributed by atoms with Crippen molar-refractivity contribution in [3.8, 4) is 16.9 Å². The monoisotopic (exact) mass is 343 g/mol. The van der Waals surface area contributed by atoms with Crippen molar-refractivity contribution in [1.82, 2.24) is 5.32 Å². The predicted molar refractivity (Wildman–Crippen MR) is 97.6 cm³/mol. The first-order chi connectivity index (χ1) is 11.8. The summed E-state index contributed by atoms with van der Waals surface area (Å²) in [5.74, 6) is 0.792. The van der Waals surface area contributed by atoms with Crippen molar-refractivity contribution in [2.45, 2.75) is 32.4 Å². The van der Waals surface area contributed by atoms with Crippen molar-refractivity contribution < 1.29 is 19.4 Å². The molecule has 0 bridgehead atoms. The molecule has 1 amide bonds. The molecule has 5 nitrogen and oxygen atoms in total. The summed E-state index contributed by atoms with van der Waals surface area (Å²) in [6.45, 7) is 5.17. The molecule has 134 valence electrons. The molecule has 0 aliphatic heterocycles. The molecular weight excluding hydrogens is 318 g/mol. The number of amides is 1. The van der Waals surface area contributed by atoms with Gasteiger partial charge >= 0.3 is 6.09 Å². The Kier molecular flexibility index (Phi) is 6.04. The average molecular weight is 343 g/mol. The summed E-state index contributed by atoms with van der Waals surface area (Å²) < 4.78 is 10.6. The van der Waals surface area contributed by atoms with Gasteiger partial charge in [0.15, 0.2) is 0 Å². The van der Waals surface area contributed by atoms with Gasteiger partial charge in [-0.1, -0.05) is 42.5 Å². The Bertz CT molecular complexity index is 704. The van der Waals surface area contributed by atoms with Gasteiger partial charge in [-0.3, -0.25) is 0 Å². The lowest BCUT2D eigenvalue weighted by atomic mass is 10.0. The van der Waals surface area contributed by atoms with Crippen LogP contribution in [-0.4, -0.2) is 30.5 Å². The largest absolute Gasteiger partial charge is 0.496 e. The lowest BCUT2D eigenvalue weighted by molar-refractivity contribution is 0.0482. The summed E-state index contributed by atoms with van der Waals surface area (Å²) in [7, 11) is 1.64. The van der Waals surface area contributed by atoms with Crippen molar-refractivity contribution >= 4 is 6.09 Å². The van der Waals surface area contributed by atoms with Crippen LogP contribution in [0.5, 0.6) is 5.75 Å². The van der Waals surface area contributed by atoms with Gasteiger partial charge in [0.2, 0.25) is 0 Å². The Balaban J connectivity index is 2.16. The first-order valence-corrected chi connectivity index (χ1v) is 8.18. The Labute approximate surface area is 148 Å². The molecule has 2 aromatic carbocycles. The average Bonchev–Trinajstić information content (AvgIpc) is 2.58. The van der Waals surface area contributed by atoms with Crippen LogP contribution in [0, 0.1) is 0 Å². The summed E-state index contributed by atoms with van der Waals surface area (Å²) in [5, 5.41) is 12.3. The number of rotatable bonds is 5. The van der Waals surface area contributed by atoms with E-state index in [2.05, 4.69) is 5.32 Å². The number of carbonyl (C=O) groups is 1. The van der Waals surface area contributed by atoms with E-state index in [0.717, 1.165) is 22.4 Å². The van der Waals surface area contributed by atoms with Crippen LogP contribution in [0.25, 0.3) is 11.1 Å². The predicted octanol–water partition coefficient (Wildman–Crippen LogP) is 3.92. The van der Waals surface area contributed by atoms with E-state index in [4.69, 9.17) is 9.47 Å². The third-order valence-electron chi connectivity index (χ3n) is 3.60. The molecule has 0 saturated heterocycles. The summed E-state index contributed by atoms with van der Waals surface area (Å²) in [6, 6.07) is 14.9. The molecule has 2 rings (SSSR count). The van der Waals surface area contributed by atoms with Crippen LogP contribution in [0.1, 0.15) is 32.4 Å². The number of hydrogen-bond donors (Lipinski definition) is 2. The van der Waals surface area contributed by atoms with Crippen LogP contribution in [-0.2, 0) is 4.74 Å². The second-order valence-electron chi connectivity index (χ2n) is 6.70. The van der Waals surface area contributed by atoms with E-state index in [-0.39, 0.29) is 6.61 Å². The van der Waals surface area contributed by atoms with Crippen molar-refractivity contribution in [2.24, 2.45) is 0 Å².